The largest absolute Gasteiger partial charge is 0.462 e. The first-order chi connectivity index (χ1) is 28.5. The molecule has 0 aliphatic carbocycles. The summed E-state index contributed by atoms with van der Waals surface area (Å²) in [5.41, 5.74) is 0. The van der Waals surface area contributed by atoms with Gasteiger partial charge in [0, 0.05) is 6.42 Å². The number of aliphatic hydroxyl groups excluding tert-OH is 2. The van der Waals surface area contributed by atoms with Gasteiger partial charge in [0.25, 0.3) is 0 Å². The summed E-state index contributed by atoms with van der Waals surface area (Å²) in [6, 6.07) is -0.691. The maximum atomic E-state index is 13.2. The molecular formula is C52H103NO5. The fraction of sp³-hybridized carbons (Fsp3) is 0.962. The van der Waals surface area contributed by atoms with E-state index in [0.29, 0.717) is 19.3 Å². The maximum Gasteiger partial charge on any atom is 0.306 e. The van der Waals surface area contributed by atoms with Gasteiger partial charge in [-0.05, 0) is 25.7 Å². The average molecular weight is 822 g/mol. The lowest BCUT2D eigenvalue weighted by atomic mass is 10.0. The summed E-state index contributed by atoms with van der Waals surface area (Å²) in [5, 5.41) is 23.8. The highest BCUT2D eigenvalue weighted by atomic mass is 16.5. The Labute approximate surface area is 362 Å². The van der Waals surface area contributed by atoms with Crippen molar-refractivity contribution in [1.29, 1.82) is 0 Å². The predicted molar refractivity (Wildman–Crippen MR) is 250 cm³/mol. The van der Waals surface area contributed by atoms with Gasteiger partial charge >= 0.3 is 5.97 Å². The molecule has 58 heavy (non-hydrogen) atoms. The number of hydrogen-bond acceptors (Lipinski definition) is 5. The first-order valence-corrected chi connectivity index (χ1v) is 26.3. The van der Waals surface area contributed by atoms with Gasteiger partial charge in [0.15, 0.2) is 0 Å². The average Bonchev–Trinajstić information content (AvgIpc) is 3.22. The molecule has 0 aliphatic heterocycles. The number of aliphatic hydroxyl groups is 2. The fourth-order valence-electron chi connectivity index (χ4n) is 8.43. The molecule has 6 heteroatoms. The number of esters is 1. The number of carbonyl (C=O) groups is 2. The standard InChI is InChI=1S/C52H103NO5/c1-4-7-10-13-16-19-21-23-25-26-27-29-32-35-38-41-44-50(55)49(47-54)53-51(56)46-48(43-40-37-34-31-18-15-12-9-6-3)58-52(57)45-42-39-36-33-30-28-24-22-20-17-14-11-8-5-2/h48-50,54-55H,4-47H2,1-3H3,(H,53,56). The van der Waals surface area contributed by atoms with Crippen molar-refractivity contribution in [3.8, 4) is 0 Å². The third-order valence-corrected chi connectivity index (χ3v) is 12.4. The van der Waals surface area contributed by atoms with Crippen molar-refractivity contribution in [2.45, 2.75) is 315 Å². The zero-order chi connectivity index (χ0) is 42.4. The molecule has 0 rings (SSSR count). The second-order valence-corrected chi connectivity index (χ2v) is 18.3. The third kappa shape index (κ3) is 41.6. The molecule has 346 valence electrons. The van der Waals surface area contributed by atoms with Crippen molar-refractivity contribution in [3.63, 3.8) is 0 Å². The van der Waals surface area contributed by atoms with Crippen molar-refractivity contribution in [2.75, 3.05) is 6.61 Å². The van der Waals surface area contributed by atoms with Crippen LogP contribution in [0.15, 0.2) is 0 Å². The summed E-state index contributed by atoms with van der Waals surface area (Å²) in [4.78, 5) is 26.1. The molecule has 3 unspecified atom stereocenters. The van der Waals surface area contributed by atoms with Crippen molar-refractivity contribution in [2.24, 2.45) is 0 Å². The highest BCUT2D eigenvalue weighted by molar-refractivity contribution is 5.77. The topological polar surface area (TPSA) is 95.9 Å². The van der Waals surface area contributed by atoms with Crippen LogP contribution in [0, 0.1) is 0 Å². The third-order valence-electron chi connectivity index (χ3n) is 12.4. The van der Waals surface area contributed by atoms with Crippen LogP contribution in [0.4, 0.5) is 0 Å². The highest BCUT2D eigenvalue weighted by Gasteiger charge is 2.24. The van der Waals surface area contributed by atoms with Crippen LogP contribution < -0.4 is 5.32 Å². The molecule has 3 atom stereocenters. The summed E-state index contributed by atoms with van der Waals surface area (Å²) >= 11 is 0. The van der Waals surface area contributed by atoms with Gasteiger partial charge in [-0.3, -0.25) is 9.59 Å². The van der Waals surface area contributed by atoms with Crippen molar-refractivity contribution in [3.05, 3.63) is 0 Å². The second kappa shape index (κ2) is 46.9. The second-order valence-electron chi connectivity index (χ2n) is 18.3. The van der Waals surface area contributed by atoms with Crippen LogP contribution in [0.1, 0.15) is 297 Å². The molecule has 0 fully saturated rings. The Morgan fingerprint density at radius 2 is 0.724 bits per heavy atom. The van der Waals surface area contributed by atoms with Gasteiger partial charge in [0.1, 0.15) is 6.10 Å². The zero-order valence-corrected chi connectivity index (χ0v) is 39.5. The van der Waals surface area contributed by atoms with Gasteiger partial charge in [0.2, 0.25) is 5.91 Å². The van der Waals surface area contributed by atoms with Gasteiger partial charge in [-0.2, -0.15) is 0 Å². The van der Waals surface area contributed by atoms with Crippen LogP contribution in [0.3, 0.4) is 0 Å². The maximum absolute atomic E-state index is 13.2. The van der Waals surface area contributed by atoms with Crippen LogP contribution >= 0.6 is 0 Å². The number of ether oxygens (including phenoxy) is 1. The molecule has 0 radical (unpaired) electrons. The minimum atomic E-state index is -0.778. The molecule has 0 aromatic rings. The molecule has 3 N–H and O–H groups in total. The van der Waals surface area contributed by atoms with Crippen LogP contribution in [-0.2, 0) is 14.3 Å². The van der Waals surface area contributed by atoms with Crippen molar-refractivity contribution < 1.29 is 24.5 Å². The Kier molecular flexibility index (Phi) is 46.0. The predicted octanol–water partition coefficient (Wildman–Crippen LogP) is 15.6. The zero-order valence-electron chi connectivity index (χ0n) is 39.5. The number of unbranched alkanes of at least 4 members (excludes halogenated alkanes) is 36. The molecule has 0 aromatic heterocycles. The van der Waals surface area contributed by atoms with E-state index in [1.165, 1.54) is 212 Å². The summed E-state index contributed by atoms with van der Waals surface area (Å²) in [6.07, 6.45) is 50.2. The normalized spacial score (nSPS) is 13.1. The number of rotatable bonds is 48. The van der Waals surface area contributed by atoms with E-state index in [1.54, 1.807) is 0 Å². The minimum absolute atomic E-state index is 0.0871. The molecule has 0 saturated carbocycles. The molecule has 0 aliphatic rings. The minimum Gasteiger partial charge on any atom is -0.462 e. The Morgan fingerprint density at radius 3 is 1.05 bits per heavy atom. The molecule has 1 amide bonds. The van der Waals surface area contributed by atoms with Gasteiger partial charge < -0.3 is 20.3 Å². The molecule has 6 nitrogen and oxygen atoms in total. The van der Waals surface area contributed by atoms with E-state index in [4.69, 9.17) is 4.74 Å². The molecule has 0 saturated heterocycles. The first kappa shape index (κ1) is 56.9. The van der Waals surface area contributed by atoms with Gasteiger partial charge in [-0.15, -0.1) is 0 Å². The van der Waals surface area contributed by atoms with Gasteiger partial charge in [-0.1, -0.05) is 258 Å². The number of hydrogen-bond donors (Lipinski definition) is 3. The van der Waals surface area contributed by atoms with Crippen molar-refractivity contribution in [1.82, 2.24) is 5.32 Å². The SMILES string of the molecule is CCCCCCCCCCCCCCCCCCC(O)C(CO)NC(=O)CC(CCCCCCCCCCC)OC(=O)CCCCCCCCCCCCCCCC. The lowest BCUT2D eigenvalue weighted by Gasteiger charge is -2.24. The smallest absolute Gasteiger partial charge is 0.306 e. The van der Waals surface area contributed by atoms with Crippen LogP contribution in [0.5, 0.6) is 0 Å². The fourth-order valence-corrected chi connectivity index (χ4v) is 8.43. The summed E-state index contributed by atoms with van der Waals surface area (Å²) in [5.74, 6) is -0.454. The van der Waals surface area contributed by atoms with Gasteiger partial charge in [-0.25, -0.2) is 0 Å². The summed E-state index contributed by atoms with van der Waals surface area (Å²) in [6.45, 7) is 6.50. The van der Waals surface area contributed by atoms with Crippen LogP contribution in [0.2, 0.25) is 0 Å². The Bertz CT molecular complexity index is 837. The van der Waals surface area contributed by atoms with Crippen LogP contribution in [0.25, 0.3) is 0 Å². The monoisotopic (exact) mass is 822 g/mol. The van der Waals surface area contributed by atoms with E-state index < -0.39 is 18.2 Å². The van der Waals surface area contributed by atoms with E-state index in [0.717, 1.165) is 38.5 Å². The Balaban J connectivity index is 4.38. The number of nitrogens with one attached hydrogen (secondary N) is 1. The Hall–Kier alpha value is -1.14. The highest BCUT2D eigenvalue weighted by Crippen LogP contribution is 2.19. The van der Waals surface area contributed by atoms with E-state index in [2.05, 4.69) is 26.1 Å². The van der Waals surface area contributed by atoms with E-state index >= 15 is 0 Å². The summed E-state index contributed by atoms with van der Waals surface area (Å²) in [7, 11) is 0. The van der Waals surface area contributed by atoms with Crippen LogP contribution in [-0.4, -0.2) is 46.9 Å². The van der Waals surface area contributed by atoms with E-state index in [1.807, 2.05) is 0 Å². The lowest BCUT2D eigenvalue weighted by Crippen LogP contribution is -2.46. The first-order valence-electron chi connectivity index (χ1n) is 26.3. The molecule has 0 heterocycles. The molecule has 0 aromatic carbocycles. The molecular weight excluding hydrogens is 719 g/mol. The van der Waals surface area contributed by atoms with E-state index in [9.17, 15) is 19.8 Å². The number of carbonyl (C=O) groups excluding carboxylic acids is 2. The number of amides is 1. The quantitative estimate of drug-likeness (QED) is 0.0420. The molecule has 0 bridgehead atoms. The Morgan fingerprint density at radius 1 is 0.431 bits per heavy atom. The summed E-state index contributed by atoms with van der Waals surface area (Å²) < 4.78 is 5.92. The van der Waals surface area contributed by atoms with E-state index in [-0.39, 0.29) is 24.9 Å². The lowest BCUT2D eigenvalue weighted by molar-refractivity contribution is -0.151. The van der Waals surface area contributed by atoms with Crippen molar-refractivity contribution >= 4 is 11.9 Å². The molecule has 0 spiro atoms. The van der Waals surface area contributed by atoms with Gasteiger partial charge in [0.05, 0.1) is 25.2 Å².